The van der Waals surface area contributed by atoms with Crippen LogP contribution in [0.15, 0.2) is 29.8 Å². The molecule has 0 spiro atoms. The van der Waals surface area contributed by atoms with E-state index in [-0.39, 0.29) is 36.7 Å². The van der Waals surface area contributed by atoms with Gasteiger partial charge < -0.3 is 23.5 Å². The van der Waals surface area contributed by atoms with Crippen LogP contribution in [0.1, 0.15) is 86.3 Å². The minimum absolute atomic E-state index is 0.0152. The molecule has 2 amide bonds. The third-order valence-corrected chi connectivity index (χ3v) is 15.1. The summed E-state index contributed by atoms with van der Waals surface area (Å²) in [5, 5.41) is 0.159. The third kappa shape index (κ3) is 9.83. The van der Waals surface area contributed by atoms with Gasteiger partial charge in [0.15, 0.2) is 13.9 Å². The van der Waals surface area contributed by atoms with Gasteiger partial charge in [0, 0.05) is 19.7 Å². The summed E-state index contributed by atoms with van der Waals surface area (Å²) in [6.45, 7) is 22.3. The second-order valence-corrected chi connectivity index (χ2v) is 22.7. The molecule has 0 N–H and O–H groups in total. The van der Waals surface area contributed by atoms with Crippen LogP contribution in [0.5, 0.6) is 0 Å². The lowest BCUT2D eigenvalue weighted by atomic mass is 9.82. The number of fused-ring (bicyclic) bond motifs is 2. The molecule has 1 fully saturated rings. The normalized spacial score (nSPS) is 19.3. The molecule has 0 aromatic heterocycles. The Labute approximate surface area is 302 Å². The predicted molar refractivity (Wildman–Crippen MR) is 194 cm³/mol. The summed E-state index contributed by atoms with van der Waals surface area (Å²) in [5.41, 5.74) is 0.801. The second-order valence-electron chi connectivity index (χ2n) is 15.6. The monoisotopic (exact) mass is 746 g/mol. The first kappa shape index (κ1) is 40.4. The van der Waals surface area contributed by atoms with E-state index in [0.29, 0.717) is 6.61 Å². The number of ether oxygens (including phenoxy) is 3. The van der Waals surface area contributed by atoms with Crippen molar-refractivity contribution in [3.05, 3.63) is 41.0 Å². The number of carbonyl (C=O) groups is 3. The van der Waals surface area contributed by atoms with Crippen LogP contribution >= 0.6 is 34.8 Å². The van der Waals surface area contributed by atoms with Crippen molar-refractivity contribution < 1.29 is 33.0 Å². The fourth-order valence-electron chi connectivity index (χ4n) is 5.42. The van der Waals surface area contributed by atoms with Gasteiger partial charge in [-0.1, -0.05) is 79.8 Å². The van der Waals surface area contributed by atoms with Crippen LogP contribution in [0.25, 0.3) is 5.57 Å². The fraction of sp³-hybridized carbons (Fsp3) is 0.686. The molecule has 2 heterocycles. The van der Waals surface area contributed by atoms with Crippen molar-refractivity contribution in [1.29, 1.82) is 0 Å². The Morgan fingerprint density at radius 2 is 1.50 bits per heavy atom. The summed E-state index contributed by atoms with van der Waals surface area (Å²) < 4.78 is 21.4. The summed E-state index contributed by atoms with van der Waals surface area (Å²) in [4.78, 5) is 43.8. The Morgan fingerprint density at radius 1 is 0.896 bits per heavy atom. The van der Waals surface area contributed by atoms with Gasteiger partial charge in [0.1, 0.15) is 5.60 Å². The molecule has 2 unspecified atom stereocenters. The lowest BCUT2D eigenvalue weighted by molar-refractivity contribution is -0.140. The van der Waals surface area contributed by atoms with Crippen molar-refractivity contribution >= 4 is 66.8 Å². The molecule has 2 aliphatic rings. The first-order chi connectivity index (χ1) is 21.9. The minimum Gasteiger partial charge on any atom is -0.463 e. The standard InChI is InChI=1S/C35H53Cl3N2O7Si/c1-12-44-29(41)28-26(24-17-15-23(16-18-24)14-13-19-45-48(10,11)33(5,6)7)20-25-21-39(30(42)46-32(2,3)4)22-27(28)40(25)31(43)47-34(8,9)35(36,37)38/h15-18,25,27H,12-14,19-22H2,1-11H3. The number of piperazine rings is 1. The van der Waals surface area contributed by atoms with Gasteiger partial charge in [0.05, 0.1) is 24.3 Å². The van der Waals surface area contributed by atoms with E-state index in [1.807, 2.05) is 12.1 Å². The number of hydrogen-bond donors (Lipinski definition) is 0. The van der Waals surface area contributed by atoms with Gasteiger partial charge in [-0.25, -0.2) is 14.4 Å². The highest BCUT2D eigenvalue weighted by atomic mass is 35.6. The van der Waals surface area contributed by atoms with E-state index in [4.69, 9.17) is 53.4 Å². The molecule has 9 nitrogen and oxygen atoms in total. The highest BCUT2D eigenvalue weighted by Gasteiger charge is 2.52. The highest BCUT2D eigenvalue weighted by molar-refractivity contribution is 6.74. The van der Waals surface area contributed by atoms with Crippen LogP contribution in [0.2, 0.25) is 18.1 Å². The van der Waals surface area contributed by atoms with Crippen LogP contribution in [-0.4, -0.2) is 89.7 Å². The molecule has 2 atom stereocenters. The predicted octanol–water partition coefficient (Wildman–Crippen LogP) is 8.94. The van der Waals surface area contributed by atoms with Crippen molar-refractivity contribution in [2.24, 2.45) is 0 Å². The maximum Gasteiger partial charge on any atom is 0.411 e. The molecule has 2 aliphatic heterocycles. The summed E-state index contributed by atoms with van der Waals surface area (Å²) in [6.07, 6.45) is 0.705. The zero-order valence-electron chi connectivity index (χ0n) is 30.3. The number of hydrogen-bond acceptors (Lipinski definition) is 7. The van der Waals surface area contributed by atoms with Gasteiger partial charge in [0.25, 0.3) is 0 Å². The second kappa shape index (κ2) is 15.1. The van der Waals surface area contributed by atoms with Crippen LogP contribution in [-0.2, 0) is 29.9 Å². The van der Waals surface area contributed by atoms with E-state index in [9.17, 15) is 14.4 Å². The summed E-state index contributed by atoms with van der Waals surface area (Å²) in [5.74, 6) is -0.577. The Morgan fingerprint density at radius 3 is 2.02 bits per heavy atom. The highest BCUT2D eigenvalue weighted by Crippen LogP contribution is 2.44. The lowest BCUT2D eigenvalue weighted by Gasteiger charge is -2.50. The molecule has 1 aromatic rings. The van der Waals surface area contributed by atoms with Gasteiger partial charge >= 0.3 is 18.2 Å². The number of rotatable bonds is 9. The molecule has 0 radical (unpaired) electrons. The number of halogens is 3. The van der Waals surface area contributed by atoms with E-state index in [1.54, 1.807) is 27.7 Å². The van der Waals surface area contributed by atoms with E-state index in [0.717, 1.165) is 29.5 Å². The fourth-order valence-corrected chi connectivity index (χ4v) is 6.63. The molecule has 13 heteroatoms. The zero-order chi connectivity index (χ0) is 36.5. The Balaban J connectivity index is 1.98. The first-order valence-electron chi connectivity index (χ1n) is 16.6. The molecule has 1 aromatic carbocycles. The minimum atomic E-state index is -1.92. The van der Waals surface area contributed by atoms with Gasteiger partial charge in [-0.2, -0.15) is 0 Å². The van der Waals surface area contributed by atoms with Crippen molar-refractivity contribution in [3.8, 4) is 0 Å². The molecular formula is C35H53Cl3N2O7Si. The summed E-state index contributed by atoms with van der Waals surface area (Å²) in [7, 11) is -1.81. The SMILES string of the molecule is CCOC(=O)C1=C(c2ccc(CCCO[Si](C)(C)C(C)(C)C)cc2)CC2CN(C(=O)OC(C)(C)C)CC1N2C(=O)OC(C)(C)C(Cl)(Cl)Cl. The largest absolute Gasteiger partial charge is 0.463 e. The van der Waals surface area contributed by atoms with Gasteiger partial charge in [-0.3, -0.25) is 4.90 Å². The van der Waals surface area contributed by atoms with Crippen LogP contribution in [0, 0.1) is 0 Å². The van der Waals surface area contributed by atoms with Crippen molar-refractivity contribution in [3.63, 3.8) is 0 Å². The maximum absolute atomic E-state index is 13.8. The molecule has 0 aliphatic carbocycles. The summed E-state index contributed by atoms with van der Waals surface area (Å²) >= 11 is 18.4. The Bertz CT molecular complexity index is 1360. The van der Waals surface area contributed by atoms with E-state index < -0.39 is 53.6 Å². The van der Waals surface area contributed by atoms with Crippen LogP contribution in [0.4, 0.5) is 9.59 Å². The smallest absolute Gasteiger partial charge is 0.411 e. The van der Waals surface area contributed by atoms with E-state index in [2.05, 4.69) is 46.0 Å². The van der Waals surface area contributed by atoms with Gasteiger partial charge in [0.2, 0.25) is 3.79 Å². The number of nitrogens with zero attached hydrogens (tertiary/aromatic N) is 2. The average Bonchev–Trinajstić information content (AvgIpc) is 2.92. The Hall–Kier alpha value is -1.98. The van der Waals surface area contributed by atoms with E-state index in [1.165, 1.54) is 23.6 Å². The molecule has 270 valence electrons. The number of esters is 1. The van der Waals surface area contributed by atoms with Crippen molar-refractivity contribution in [2.45, 2.75) is 127 Å². The first-order valence-corrected chi connectivity index (χ1v) is 20.6. The lowest BCUT2D eigenvalue weighted by Crippen LogP contribution is -2.66. The van der Waals surface area contributed by atoms with Gasteiger partial charge in [-0.05, 0) is 95.6 Å². The zero-order valence-corrected chi connectivity index (χ0v) is 33.6. The van der Waals surface area contributed by atoms with Crippen molar-refractivity contribution in [1.82, 2.24) is 9.80 Å². The quantitative estimate of drug-likeness (QED) is 0.0819. The number of carbonyl (C=O) groups excluding carboxylic acids is 3. The topological polar surface area (TPSA) is 94.6 Å². The molecule has 48 heavy (non-hydrogen) atoms. The average molecular weight is 748 g/mol. The molecule has 3 rings (SSSR count). The molecule has 0 saturated carbocycles. The van der Waals surface area contributed by atoms with Crippen molar-refractivity contribution in [2.75, 3.05) is 26.3 Å². The number of aryl methyl sites for hydroxylation is 1. The van der Waals surface area contributed by atoms with Gasteiger partial charge in [-0.15, -0.1) is 0 Å². The summed E-state index contributed by atoms with van der Waals surface area (Å²) in [6, 6.07) is 6.66. The maximum atomic E-state index is 13.8. The Kier molecular flexibility index (Phi) is 12.7. The number of alkyl halides is 3. The molecule has 1 saturated heterocycles. The molecule has 2 bridgehead atoms. The van der Waals surface area contributed by atoms with E-state index >= 15 is 0 Å². The number of benzene rings is 1. The molecular weight excluding hydrogens is 695 g/mol. The third-order valence-electron chi connectivity index (χ3n) is 9.22. The number of amides is 2. The van der Waals surface area contributed by atoms with Crippen LogP contribution < -0.4 is 0 Å². The van der Waals surface area contributed by atoms with Crippen LogP contribution in [0.3, 0.4) is 0 Å².